The Labute approximate surface area is 202 Å². The van der Waals surface area contributed by atoms with E-state index in [1.54, 1.807) is 31.2 Å². The number of rotatable bonds is 5. The van der Waals surface area contributed by atoms with E-state index < -0.39 is 6.04 Å². The number of hydrogen-bond acceptors (Lipinski definition) is 4. The Morgan fingerprint density at radius 2 is 1.71 bits per heavy atom. The molecule has 0 aromatic heterocycles. The largest absolute Gasteiger partial charge is 0.327 e. The number of Topliss-reactive ketones (excluding diaryl/α,β-unsaturated/α-hetero) is 1. The molecule has 2 N–H and O–H groups in total. The van der Waals surface area contributed by atoms with E-state index in [0.717, 1.165) is 35.5 Å². The molecule has 1 atom stereocenters. The van der Waals surface area contributed by atoms with Crippen molar-refractivity contribution >= 4 is 34.8 Å². The van der Waals surface area contributed by atoms with Crippen LogP contribution in [0.1, 0.15) is 40.9 Å². The van der Waals surface area contributed by atoms with Gasteiger partial charge in [-0.3, -0.25) is 9.80 Å². The van der Waals surface area contributed by atoms with Crippen LogP contribution in [-0.4, -0.2) is 24.1 Å². The van der Waals surface area contributed by atoms with Crippen molar-refractivity contribution in [1.29, 1.82) is 0 Å². The molecule has 34 heavy (non-hydrogen) atoms. The summed E-state index contributed by atoms with van der Waals surface area (Å²) in [6.07, 6.45) is 0.873. The summed E-state index contributed by atoms with van der Waals surface area (Å²) < 4.78 is 0. The molecule has 3 aromatic rings. The zero-order valence-electron chi connectivity index (χ0n) is 18.6. The Bertz CT molecular complexity index is 1300. The minimum atomic E-state index is -0.562. The topological polar surface area (TPSA) is 73.8 Å². The minimum absolute atomic E-state index is 0.160. The first-order valence-corrected chi connectivity index (χ1v) is 11.5. The van der Waals surface area contributed by atoms with Crippen LogP contribution in [0.15, 0.2) is 95.2 Å². The third-order valence-corrected chi connectivity index (χ3v) is 6.31. The third kappa shape index (κ3) is 4.32. The van der Waals surface area contributed by atoms with Crippen molar-refractivity contribution in [2.45, 2.75) is 19.4 Å². The minimum Gasteiger partial charge on any atom is -0.327 e. The highest BCUT2D eigenvalue weighted by Gasteiger charge is 2.31. The van der Waals surface area contributed by atoms with Crippen molar-refractivity contribution in [2.75, 3.05) is 11.6 Å². The number of ketones is 1. The van der Waals surface area contributed by atoms with Gasteiger partial charge in [-0.1, -0.05) is 54.1 Å². The number of carbonyl (C=O) groups is 2. The Hall–Kier alpha value is -3.90. The fourth-order valence-corrected chi connectivity index (χ4v) is 4.44. The second kappa shape index (κ2) is 9.15. The second-order valence-corrected chi connectivity index (χ2v) is 8.72. The van der Waals surface area contributed by atoms with Crippen LogP contribution < -0.4 is 15.6 Å². The Kier molecular flexibility index (Phi) is 5.90. The maximum Gasteiger partial charge on any atom is 0.319 e. The van der Waals surface area contributed by atoms with Crippen molar-refractivity contribution in [1.82, 2.24) is 10.6 Å². The van der Waals surface area contributed by atoms with Crippen molar-refractivity contribution in [3.63, 3.8) is 0 Å². The lowest BCUT2D eigenvalue weighted by Crippen LogP contribution is -2.45. The summed E-state index contributed by atoms with van der Waals surface area (Å²) in [6, 6.07) is 23.8. The van der Waals surface area contributed by atoms with Gasteiger partial charge >= 0.3 is 6.03 Å². The number of carbonyl (C=O) groups excluding carboxylic acids is 2. The van der Waals surface area contributed by atoms with Gasteiger partial charge in [0.15, 0.2) is 5.78 Å². The molecule has 5 rings (SSSR count). The molecule has 2 amide bonds. The van der Waals surface area contributed by atoms with Gasteiger partial charge in [-0.2, -0.15) is 5.10 Å². The van der Waals surface area contributed by atoms with Crippen LogP contribution in [0, 0.1) is 0 Å². The van der Waals surface area contributed by atoms with E-state index in [1.807, 2.05) is 47.5 Å². The van der Waals surface area contributed by atoms with Crippen LogP contribution >= 0.6 is 11.6 Å². The summed E-state index contributed by atoms with van der Waals surface area (Å²) in [5, 5.41) is 12.9. The van der Waals surface area contributed by atoms with Gasteiger partial charge in [-0.25, -0.2) is 4.79 Å². The number of halogens is 1. The van der Waals surface area contributed by atoms with Crippen LogP contribution in [0.3, 0.4) is 0 Å². The van der Waals surface area contributed by atoms with Crippen molar-refractivity contribution < 1.29 is 9.59 Å². The number of benzene rings is 3. The fraction of sp³-hybridized carbons (Fsp3) is 0.148. The van der Waals surface area contributed by atoms with Gasteiger partial charge in [0.2, 0.25) is 0 Å². The normalized spacial score (nSPS) is 17.8. The van der Waals surface area contributed by atoms with Crippen LogP contribution in [0.4, 0.5) is 10.5 Å². The second-order valence-electron chi connectivity index (χ2n) is 8.28. The molecule has 0 saturated carbocycles. The van der Waals surface area contributed by atoms with E-state index in [-0.39, 0.29) is 11.8 Å². The number of anilines is 1. The summed E-state index contributed by atoms with van der Waals surface area (Å²) in [7, 11) is 0. The van der Waals surface area contributed by atoms with Crippen molar-refractivity contribution in [3.8, 4) is 0 Å². The molecule has 0 radical (unpaired) electrons. The van der Waals surface area contributed by atoms with Crippen LogP contribution in [0.5, 0.6) is 0 Å². The predicted octanol–water partition coefficient (Wildman–Crippen LogP) is 5.47. The lowest BCUT2D eigenvalue weighted by molar-refractivity contribution is 0.102. The maximum absolute atomic E-state index is 13.3. The van der Waals surface area contributed by atoms with E-state index in [0.29, 0.717) is 21.9 Å². The van der Waals surface area contributed by atoms with Crippen molar-refractivity contribution in [3.05, 3.63) is 112 Å². The molecule has 2 aliphatic heterocycles. The number of urea groups is 1. The number of nitrogens with zero attached hydrogens (tertiary/aromatic N) is 2. The van der Waals surface area contributed by atoms with Gasteiger partial charge in [0.25, 0.3) is 0 Å². The summed E-state index contributed by atoms with van der Waals surface area (Å²) in [6.45, 7) is 2.54. The lowest BCUT2D eigenvalue weighted by atomic mass is 9.89. The van der Waals surface area contributed by atoms with Gasteiger partial charge < -0.3 is 10.6 Å². The van der Waals surface area contributed by atoms with E-state index in [9.17, 15) is 9.59 Å². The van der Waals surface area contributed by atoms with Gasteiger partial charge in [0.05, 0.1) is 17.4 Å². The number of amides is 2. The molecular weight excluding hydrogens is 448 g/mol. The Morgan fingerprint density at radius 1 is 1.00 bits per heavy atom. The van der Waals surface area contributed by atoms with Crippen LogP contribution in [0.25, 0.3) is 0 Å². The fourth-order valence-electron chi connectivity index (χ4n) is 4.32. The highest BCUT2D eigenvalue weighted by atomic mass is 35.5. The molecule has 3 aromatic carbocycles. The lowest BCUT2D eigenvalue weighted by Gasteiger charge is -2.29. The first-order valence-electron chi connectivity index (χ1n) is 11.1. The average molecular weight is 471 g/mol. The summed E-state index contributed by atoms with van der Waals surface area (Å²) in [4.78, 5) is 25.6. The molecule has 6 nitrogen and oxygen atoms in total. The number of nitrogens with one attached hydrogen (secondary N) is 2. The monoisotopic (exact) mass is 470 g/mol. The van der Waals surface area contributed by atoms with Gasteiger partial charge in [0.1, 0.15) is 0 Å². The van der Waals surface area contributed by atoms with Crippen molar-refractivity contribution in [2.24, 2.45) is 5.10 Å². The predicted molar refractivity (Wildman–Crippen MR) is 134 cm³/mol. The SMILES string of the molecule is CC1=C(C(=O)c2ccc(Cl)cc2)C(c2ccc(N3CCC(c4ccccc4)=N3)cc2)NC(=O)N1. The van der Waals surface area contributed by atoms with Gasteiger partial charge in [-0.05, 0) is 54.4 Å². The van der Waals surface area contributed by atoms with E-state index in [4.69, 9.17) is 16.7 Å². The molecule has 0 fully saturated rings. The highest BCUT2D eigenvalue weighted by Crippen LogP contribution is 2.31. The summed E-state index contributed by atoms with van der Waals surface area (Å²) in [5.74, 6) is -0.160. The summed E-state index contributed by atoms with van der Waals surface area (Å²) >= 11 is 5.98. The van der Waals surface area contributed by atoms with E-state index in [1.165, 1.54) is 0 Å². The molecule has 7 heteroatoms. The average Bonchev–Trinajstić information content (AvgIpc) is 3.35. The molecule has 2 aliphatic rings. The van der Waals surface area contributed by atoms with Crippen LogP contribution in [0.2, 0.25) is 5.02 Å². The van der Waals surface area contributed by atoms with E-state index in [2.05, 4.69) is 22.8 Å². The first-order chi connectivity index (χ1) is 16.5. The number of hydrogen-bond donors (Lipinski definition) is 2. The standard InChI is InChI=1S/C27H23ClN4O2/c1-17-24(26(33)20-7-11-21(28)12-8-20)25(30-27(34)29-17)19-9-13-22(14-10-19)32-16-15-23(31-32)18-5-3-2-4-6-18/h2-14,25H,15-16H2,1H3,(H2,29,30,34). The van der Waals surface area contributed by atoms with Crippen LogP contribution in [-0.2, 0) is 0 Å². The smallest absolute Gasteiger partial charge is 0.319 e. The van der Waals surface area contributed by atoms with Gasteiger partial charge in [-0.15, -0.1) is 0 Å². The number of hydrazone groups is 1. The van der Waals surface area contributed by atoms with E-state index >= 15 is 0 Å². The first kappa shape index (κ1) is 21.9. The van der Waals surface area contributed by atoms with Gasteiger partial charge in [0, 0.05) is 34.8 Å². The Morgan fingerprint density at radius 3 is 2.41 bits per heavy atom. The Balaban J connectivity index is 1.41. The molecule has 2 heterocycles. The maximum atomic E-state index is 13.3. The zero-order chi connectivity index (χ0) is 23.7. The molecule has 0 saturated heterocycles. The summed E-state index contributed by atoms with van der Waals surface area (Å²) in [5.41, 5.74) is 5.52. The third-order valence-electron chi connectivity index (χ3n) is 6.05. The molecule has 0 spiro atoms. The molecule has 1 unspecified atom stereocenters. The highest BCUT2D eigenvalue weighted by molar-refractivity contribution is 6.30. The molecule has 0 bridgehead atoms. The quantitative estimate of drug-likeness (QED) is 0.486. The molecular formula is C27H23ClN4O2. The zero-order valence-corrected chi connectivity index (χ0v) is 19.3. The molecule has 170 valence electrons. The molecule has 0 aliphatic carbocycles. The number of allylic oxidation sites excluding steroid dienone is 1.